The summed E-state index contributed by atoms with van der Waals surface area (Å²) in [6, 6.07) is 23.9. The van der Waals surface area contributed by atoms with Gasteiger partial charge in [0, 0.05) is 32.7 Å². The van der Waals surface area contributed by atoms with E-state index in [9.17, 15) is 31.5 Å². The Labute approximate surface area is 272 Å². The maximum Gasteiger partial charge on any atom is 0.335 e. The maximum atomic E-state index is 15.0. The normalized spacial score (nSPS) is 11.6. The molecular formula is C36H22ClF3N2O4S. The molecule has 0 aliphatic heterocycles. The largest absolute Gasteiger partial charge is 0.478 e. The smallest absolute Gasteiger partial charge is 0.335 e. The molecular weight excluding hydrogens is 649 g/mol. The Morgan fingerprint density at radius 3 is 2.26 bits per heavy atom. The minimum atomic E-state index is -4.54. The summed E-state index contributed by atoms with van der Waals surface area (Å²) in [5.41, 5.74) is 2.67. The number of aryl methyl sites for hydroxylation is 1. The average Bonchev–Trinajstić information content (AvgIpc) is 3.39. The van der Waals surface area contributed by atoms with Gasteiger partial charge in [-0.3, -0.25) is 0 Å². The number of aromatic carboxylic acids is 1. The standard InChI is InChI=1S/C36H22ClF3N2O4S/c1-20-5-3-8-30(41-2)32(20)33-28-19-25(38)12-16-31(28)42(47(45,46)26-13-9-21(10-14-26)35(39)40)34(33)23-7-4-6-22(17-23)27-15-11-24(36(43)44)18-29(27)37/h3-19,35H,1H3,(H,43,44). The lowest BCUT2D eigenvalue weighted by molar-refractivity contribution is 0.0697. The van der Waals surface area contributed by atoms with Gasteiger partial charge >= 0.3 is 5.97 Å². The Morgan fingerprint density at radius 2 is 1.60 bits per heavy atom. The summed E-state index contributed by atoms with van der Waals surface area (Å²) in [6.45, 7) is 9.66. The fourth-order valence-electron chi connectivity index (χ4n) is 5.68. The maximum absolute atomic E-state index is 15.0. The second-order valence-corrected chi connectivity index (χ2v) is 12.9. The van der Waals surface area contributed by atoms with E-state index in [1.807, 2.05) is 0 Å². The summed E-state index contributed by atoms with van der Waals surface area (Å²) in [6.07, 6.45) is -2.81. The van der Waals surface area contributed by atoms with E-state index in [1.54, 1.807) is 49.4 Å². The number of aromatic nitrogens is 1. The summed E-state index contributed by atoms with van der Waals surface area (Å²) in [5, 5.41) is 9.75. The molecule has 6 nitrogen and oxygen atoms in total. The van der Waals surface area contributed by atoms with Crippen LogP contribution in [0, 0.1) is 19.3 Å². The lowest BCUT2D eigenvalue weighted by Crippen LogP contribution is -2.14. The molecule has 0 aliphatic rings. The Balaban J connectivity index is 1.74. The summed E-state index contributed by atoms with van der Waals surface area (Å²) < 4.78 is 71.8. The molecule has 5 aromatic carbocycles. The third-order valence-corrected chi connectivity index (χ3v) is 9.88. The molecule has 0 fully saturated rings. The van der Waals surface area contributed by atoms with Gasteiger partial charge in [-0.25, -0.2) is 35.2 Å². The molecule has 234 valence electrons. The van der Waals surface area contributed by atoms with Crippen molar-refractivity contribution in [2.45, 2.75) is 18.2 Å². The molecule has 6 rings (SSSR count). The van der Waals surface area contributed by atoms with E-state index in [0.717, 1.165) is 34.3 Å². The van der Waals surface area contributed by atoms with Gasteiger partial charge in [-0.2, -0.15) is 0 Å². The number of carboxylic acid groups (broad SMARTS) is 1. The third-order valence-electron chi connectivity index (χ3n) is 7.84. The molecule has 0 amide bonds. The van der Waals surface area contributed by atoms with Crippen molar-refractivity contribution in [3.8, 4) is 33.5 Å². The first-order valence-corrected chi connectivity index (χ1v) is 15.8. The van der Waals surface area contributed by atoms with Crippen LogP contribution in [-0.2, 0) is 10.0 Å². The van der Waals surface area contributed by atoms with E-state index in [0.29, 0.717) is 27.8 Å². The number of benzene rings is 5. The summed E-state index contributed by atoms with van der Waals surface area (Å²) in [5.74, 6) is -1.80. The molecule has 0 atom stereocenters. The fourth-order valence-corrected chi connectivity index (χ4v) is 7.51. The minimum absolute atomic E-state index is 0.0190. The van der Waals surface area contributed by atoms with Crippen molar-refractivity contribution in [2.24, 2.45) is 0 Å². The number of alkyl halides is 2. The predicted molar refractivity (Wildman–Crippen MR) is 175 cm³/mol. The topological polar surface area (TPSA) is 80.7 Å². The predicted octanol–water partition coefficient (Wildman–Crippen LogP) is 10.2. The number of carbonyl (C=O) groups is 1. The molecule has 0 saturated carbocycles. The molecule has 1 N–H and O–H groups in total. The first-order valence-electron chi connectivity index (χ1n) is 14.0. The van der Waals surface area contributed by atoms with Gasteiger partial charge < -0.3 is 5.11 Å². The van der Waals surface area contributed by atoms with E-state index in [2.05, 4.69) is 4.85 Å². The van der Waals surface area contributed by atoms with Crippen molar-refractivity contribution >= 4 is 44.2 Å². The highest BCUT2D eigenvalue weighted by Crippen LogP contribution is 2.48. The summed E-state index contributed by atoms with van der Waals surface area (Å²) >= 11 is 6.50. The van der Waals surface area contributed by atoms with Crippen molar-refractivity contribution in [3.05, 3.63) is 142 Å². The van der Waals surface area contributed by atoms with Crippen LogP contribution >= 0.6 is 11.6 Å². The van der Waals surface area contributed by atoms with E-state index < -0.39 is 28.2 Å². The lowest BCUT2D eigenvalue weighted by atomic mass is 9.92. The zero-order chi connectivity index (χ0) is 33.6. The number of carboxylic acids is 1. The number of hydrogen-bond donors (Lipinski definition) is 1. The first-order chi connectivity index (χ1) is 22.4. The summed E-state index contributed by atoms with van der Waals surface area (Å²) in [7, 11) is -4.54. The molecule has 0 radical (unpaired) electrons. The molecule has 0 aliphatic carbocycles. The molecule has 0 bridgehead atoms. The van der Waals surface area contributed by atoms with Crippen LogP contribution in [0.15, 0.2) is 108 Å². The van der Waals surface area contributed by atoms with E-state index >= 15 is 0 Å². The summed E-state index contributed by atoms with van der Waals surface area (Å²) in [4.78, 5) is 14.9. The number of nitrogens with zero attached hydrogens (tertiary/aromatic N) is 2. The van der Waals surface area contributed by atoms with Gasteiger partial charge in [-0.15, -0.1) is 0 Å². The van der Waals surface area contributed by atoms with Crippen LogP contribution in [0.1, 0.15) is 27.9 Å². The van der Waals surface area contributed by atoms with Crippen LogP contribution in [0.2, 0.25) is 5.02 Å². The Kier molecular flexibility index (Phi) is 8.13. The quantitative estimate of drug-likeness (QED) is 0.171. The monoisotopic (exact) mass is 670 g/mol. The number of fused-ring (bicyclic) bond motifs is 1. The van der Waals surface area contributed by atoms with Gasteiger partial charge in [0.25, 0.3) is 16.4 Å². The van der Waals surface area contributed by atoms with Crippen molar-refractivity contribution in [1.29, 1.82) is 0 Å². The highest BCUT2D eigenvalue weighted by atomic mass is 35.5. The highest BCUT2D eigenvalue weighted by Gasteiger charge is 2.31. The van der Waals surface area contributed by atoms with E-state index in [4.69, 9.17) is 18.2 Å². The average molecular weight is 671 g/mol. The molecule has 0 unspecified atom stereocenters. The molecule has 6 aromatic rings. The fraction of sp³-hybridized carbons (Fsp3) is 0.0556. The Bertz CT molecular complexity index is 2380. The molecule has 47 heavy (non-hydrogen) atoms. The zero-order valence-electron chi connectivity index (χ0n) is 24.4. The molecule has 0 spiro atoms. The second-order valence-electron chi connectivity index (χ2n) is 10.7. The molecule has 11 heteroatoms. The van der Waals surface area contributed by atoms with Crippen molar-refractivity contribution in [3.63, 3.8) is 0 Å². The van der Waals surface area contributed by atoms with Crippen LogP contribution in [-0.4, -0.2) is 23.5 Å². The third kappa shape index (κ3) is 5.54. The van der Waals surface area contributed by atoms with Crippen molar-refractivity contribution in [1.82, 2.24) is 3.97 Å². The van der Waals surface area contributed by atoms with Gasteiger partial charge in [0.05, 0.1) is 28.2 Å². The zero-order valence-corrected chi connectivity index (χ0v) is 26.0. The van der Waals surface area contributed by atoms with Gasteiger partial charge in [0.15, 0.2) is 5.69 Å². The highest BCUT2D eigenvalue weighted by molar-refractivity contribution is 7.90. The van der Waals surface area contributed by atoms with E-state index in [1.165, 1.54) is 30.3 Å². The van der Waals surface area contributed by atoms with Crippen LogP contribution in [0.5, 0.6) is 0 Å². The van der Waals surface area contributed by atoms with Crippen molar-refractivity contribution in [2.75, 3.05) is 0 Å². The number of hydrogen-bond acceptors (Lipinski definition) is 3. The first kappa shape index (κ1) is 31.6. The molecule has 1 aromatic heterocycles. The second kappa shape index (κ2) is 12.1. The van der Waals surface area contributed by atoms with Crippen LogP contribution in [0.3, 0.4) is 0 Å². The van der Waals surface area contributed by atoms with Crippen molar-refractivity contribution < 1.29 is 31.5 Å². The van der Waals surface area contributed by atoms with Crippen LogP contribution in [0.4, 0.5) is 18.9 Å². The van der Waals surface area contributed by atoms with Crippen LogP contribution in [0.25, 0.3) is 49.3 Å². The minimum Gasteiger partial charge on any atom is -0.478 e. The van der Waals surface area contributed by atoms with E-state index in [-0.39, 0.29) is 48.9 Å². The van der Waals surface area contributed by atoms with Gasteiger partial charge in [0.1, 0.15) is 5.82 Å². The van der Waals surface area contributed by atoms with Gasteiger partial charge in [-0.1, -0.05) is 71.8 Å². The number of rotatable bonds is 7. The lowest BCUT2D eigenvalue weighted by Gasteiger charge is -2.17. The van der Waals surface area contributed by atoms with Crippen LogP contribution < -0.4 is 0 Å². The van der Waals surface area contributed by atoms with Gasteiger partial charge in [0.2, 0.25) is 0 Å². The number of halogens is 4. The Hall–Kier alpha value is -5.37. The SMILES string of the molecule is [C-]#[N+]c1cccc(C)c1-c1c(-c2cccc(-c3ccc(C(=O)O)cc3Cl)c2)n(S(=O)(=O)c2ccc(C(F)F)cc2)c2ccc(F)cc12. The van der Waals surface area contributed by atoms with Gasteiger partial charge in [-0.05, 0) is 66.6 Å². The Morgan fingerprint density at radius 1 is 0.894 bits per heavy atom. The molecule has 1 heterocycles. The molecule has 0 saturated heterocycles.